The minimum Gasteiger partial charge on any atom is -0.444 e. The van der Waals surface area contributed by atoms with E-state index in [9.17, 15) is 36.4 Å². The smallest absolute Gasteiger partial charge is 0.410 e. The quantitative estimate of drug-likeness (QED) is 0.361. The summed E-state index contributed by atoms with van der Waals surface area (Å²) in [5.74, 6) is -2.81. The molecule has 1 saturated heterocycles. The fourth-order valence-corrected chi connectivity index (χ4v) is 9.23. The van der Waals surface area contributed by atoms with Gasteiger partial charge in [0.25, 0.3) is 0 Å². The SMILES string of the molecule is Cc1ccc(N[C@H]2CCCCC/C=C\[C@@H]3C[C@@]3(C(=O)NS(=O)(=O)C3(C)CC3)CC(=O)[C@@H]3C[C@@H](OC(=O)N4Cc5cccc(F)c5C4)CN3C2=O)cc1F. The number of hydrogen-bond acceptors (Lipinski definition) is 8. The van der Waals surface area contributed by atoms with Crippen LogP contribution in [0, 0.1) is 29.9 Å². The number of ether oxygens (including phenoxy) is 1. The Bertz CT molecular complexity index is 1970. The standard InChI is InChI=1S/C39H46F2N4O7S/c1-24-13-14-27(17-31(24)41)42-32-12-7-5-3-4-6-10-26-19-39(26,36(48)43-53(50,51)38(2)15-16-38)20-34(46)33-18-28(22-45(33)35(32)47)52-37(49)44-21-25-9-8-11-30(40)29(25)23-44/h6,8-11,13-14,17,26,28,32-33,42H,3-5,7,12,15-16,18-23H2,1-2H3,(H,43,48)/b10-6-/t26-,28-,32+,33+,39-/m1/s1. The van der Waals surface area contributed by atoms with Crippen molar-refractivity contribution in [1.82, 2.24) is 14.5 Å². The summed E-state index contributed by atoms with van der Waals surface area (Å²) in [5, 5.41) is 3.18. The highest BCUT2D eigenvalue weighted by molar-refractivity contribution is 7.91. The maximum absolute atomic E-state index is 14.6. The van der Waals surface area contributed by atoms with Gasteiger partial charge in [0.1, 0.15) is 23.8 Å². The number of rotatable bonds is 6. The third-order valence-corrected chi connectivity index (χ3v) is 14.0. The first-order valence-electron chi connectivity index (χ1n) is 18.5. The summed E-state index contributed by atoms with van der Waals surface area (Å²) < 4.78 is 62.4. The van der Waals surface area contributed by atoms with Crippen molar-refractivity contribution in [1.29, 1.82) is 0 Å². The molecule has 53 heavy (non-hydrogen) atoms. The lowest BCUT2D eigenvalue weighted by Crippen LogP contribution is -2.49. The molecule has 14 heteroatoms. The molecule has 7 rings (SSSR count). The second kappa shape index (κ2) is 14.1. The van der Waals surface area contributed by atoms with Gasteiger partial charge in [-0.25, -0.2) is 22.0 Å². The van der Waals surface area contributed by atoms with Gasteiger partial charge in [0.15, 0.2) is 5.78 Å². The number of aryl methyl sites for hydroxylation is 1. The maximum atomic E-state index is 14.6. The van der Waals surface area contributed by atoms with Gasteiger partial charge in [0.05, 0.1) is 29.3 Å². The van der Waals surface area contributed by atoms with Crippen LogP contribution in [0.5, 0.6) is 0 Å². The molecule has 0 bridgehead atoms. The zero-order valence-electron chi connectivity index (χ0n) is 30.0. The summed E-state index contributed by atoms with van der Waals surface area (Å²) in [6, 6.07) is 7.35. The molecular weight excluding hydrogens is 707 g/mol. The Labute approximate surface area is 308 Å². The van der Waals surface area contributed by atoms with E-state index in [2.05, 4.69) is 10.0 Å². The van der Waals surface area contributed by atoms with Gasteiger partial charge < -0.3 is 15.0 Å². The van der Waals surface area contributed by atoms with Crippen molar-refractivity contribution in [3.63, 3.8) is 0 Å². The van der Waals surface area contributed by atoms with Gasteiger partial charge in [-0.3, -0.25) is 24.0 Å². The highest BCUT2D eigenvalue weighted by Gasteiger charge is 2.62. The molecule has 3 aliphatic heterocycles. The zero-order valence-corrected chi connectivity index (χ0v) is 30.9. The Balaban J connectivity index is 1.16. The van der Waals surface area contributed by atoms with Crippen LogP contribution in [0.25, 0.3) is 0 Å². The minimum absolute atomic E-state index is 0.0200. The van der Waals surface area contributed by atoms with Gasteiger partial charge in [-0.05, 0) is 87.6 Å². The van der Waals surface area contributed by atoms with Gasteiger partial charge >= 0.3 is 6.09 Å². The van der Waals surface area contributed by atoms with Crippen LogP contribution < -0.4 is 10.0 Å². The van der Waals surface area contributed by atoms with Crippen molar-refractivity contribution in [2.24, 2.45) is 11.3 Å². The fourth-order valence-electron chi connectivity index (χ4n) is 7.90. The van der Waals surface area contributed by atoms with Crippen LogP contribution in [-0.4, -0.2) is 71.4 Å². The second-order valence-electron chi connectivity index (χ2n) is 15.7. The highest BCUT2D eigenvalue weighted by atomic mass is 32.2. The van der Waals surface area contributed by atoms with Crippen LogP contribution in [0.1, 0.15) is 87.8 Å². The number of halogens is 2. The van der Waals surface area contributed by atoms with Crippen LogP contribution in [0.15, 0.2) is 48.6 Å². The highest BCUT2D eigenvalue weighted by Crippen LogP contribution is 2.57. The Kier molecular flexibility index (Phi) is 9.88. The minimum atomic E-state index is -3.97. The van der Waals surface area contributed by atoms with Crippen molar-refractivity contribution in [3.05, 3.63) is 76.9 Å². The third-order valence-electron chi connectivity index (χ3n) is 11.8. The number of hydrogen-bond donors (Lipinski definition) is 2. The molecule has 11 nitrogen and oxygen atoms in total. The second-order valence-corrected chi connectivity index (χ2v) is 17.9. The number of carbonyl (C=O) groups excluding carboxylic acids is 4. The zero-order chi connectivity index (χ0) is 37.7. The Morgan fingerprint density at radius 3 is 2.55 bits per heavy atom. The lowest BCUT2D eigenvalue weighted by Gasteiger charge is -2.30. The van der Waals surface area contributed by atoms with E-state index < -0.39 is 73.7 Å². The molecule has 5 aliphatic rings. The number of nitrogens with zero attached hydrogens (tertiary/aromatic N) is 2. The summed E-state index contributed by atoms with van der Waals surface area (Å²) in [4.78, 5) is 58.9. The summed E-state index contributed by atoms with van der Waals surface area (Å²) in [6.07, 6.45) is 6.44. The molecule has 0 radical (unpaired) electrons. The number of anilines is 1. The molecule has 3 amide bonds. The normalized spacial score (nSPS) is 28.8. The van der Waals surface area contributed by atoms with Crippen LogP contribution in [0.2, 0.25) is 0 Å². The summed E-state index contributed by atoms with van der Waals surface area (Å²) in [6.45, 7) is 3.29. The predicted molar refractivity (Wildman–Crippen MR) is 192 cm³/mol. The number of sulfonamides is 1. The fraction of sp³-hybridized carbons (Fsp3) is 0.538. The van der Waals surface area contributed by atoms with Gasteiger partial charge in [0.2, 0.25) is 21.8 Å². The molecule has 3 heterocycles. The van der Waals surface area contributed by atoms with Gasteiger partial charge in [-0.15, -0.1) is 0 Å². The van der Waals surface area contributed by atoms with Crippen LogP contribution in [0.3, 0.4) is 0 Å². The molecular formula is C39H46F2N4O7S. The first kappa shape index (κ1) is 37.0. The van der Waals surface area contributed by atoms with E-state index in [4.69, 9.17) is 4.74 Å². The summed E-state index contributed by atoms with van der Waals surface area (Å²) in [7, 11) is -3.97. The lowest BCUT2D eigenvalue weighted by atomic mass is 9.91. The molecule has 2 saturated carbocycles. The molecule has 2 aliphatic carbocycles. The van der Waals surface area contributed by atoms with Crippen LogP contribution in [0.4, 0.5) is 19.3 Å². The van der Waals surface area contributed by atoms with E-state index >= 15 is 0 Å². The third kappa shape index (κ3) is 7.43. The molecule has 2 aromatic carbocycles. The van der Waals surface area contributed by atoms with E-state index in [1.165, 1.54) is 21.9 Å². The molecule has 0 spiro atoms. The van der Waals surface area contributed by atoms with Crippen LogP contribution in [-0.2, 0) is 42.2 Å². The van der Waals surface area contributed by atoms with Crippen LogP contribution >= 0.6 is 0 Å². The number of carbonyl (C=O) groups is 4. The van der Waals surface area contributed by atoms with Crippen molar-refractivity contribution in [2.75, 3.05) is 11.9 Å². The van der Waals surface area contributed by atoms with E-state index in [-0.39, 0.29) is 44.8 Å². The number of ketones is 1. The van der Waals surface area contributed by atoms with E-state index in [1.54, 1.807) is 38.1 Å². The topological polar surface area (TPSA) is 142 Å². The Morgan fingerprint density at radius 1 is 1.02 bits per heavy atom. The first-order chi connectivity index (χ1) is 25.2. The van der Waals surface area contributed by atoms with Gasteiger partial charge in [-0.2, -0.15) is 0 Å². The number of Topliss-reactive ketones (excluding diaryl/α,β-unsaturated/α-hetero) is 1. The maximum Gasteiger partial charge on any atom is 0.410 e. The van der Waals surface area contributed by atoms with Crippen molar-refractivity contribution in [2.45, 2.75) is 114 Å². The Morgan fingerprint density at radius 2 is 1.81 bits per heavy atom. The molecule has 5 atom stereocenters. The number of benzene rings is 2. The molecule has 2 aromatic rings. The number of nitrogens with one attached hydrogen (secondary N) is 2. The average molecular weight is 753 g/mol. The first-order valence-corrected chi connectivity index (χ1v) is 20.0. The van der Waals surface area contributed by atoms with Gasteiger partial charge in [0, 0.05) is 30.6 Å². The van der Waals surface area contributed by atoms with Crippen molar-refractivity contribution >= 4 is 39.4 Å². The van der Waals surface area contributed by atoms with Gasteiger partial charge in [-0.1, -0.05) is 43.2 Å². The molecule has 0 aromatic heterocycles. The predicted octanol–water partition coefficient (Wildman–Crippen LogP) is 5.66. The van der Waals surface area contributed by atoms with E-state index in [0.29, 0.717) is 54.5 Å². The molecule has 3 fully saturated rings. The summed E-state index contributed by atoms with van der Waals surface area (Å²) >= 11 is 0. The van der Waals surface area contributed by atoms with E-state index in [1.807, 2.05) is 12.2 Å². The summed E-state index contributed by atoms with van der Waals surface area (Å²) in [5.41, 5.74) is 0.621. The number of amides is 3. The van der Waals surface area contributed by atoms with E-state index in [0.717, 1.165) is 12.8 Å². The lowest BCUT2D eigenvalue weighted by molar-refractivity contribution is -0.139. The largest absolute Gasteiger partial charge is 0.444 e. The molecule has 0 unspecified atom stereocenters. The number of allylic oxidation sites excluding steroid dienone is 2. The molecule has 2 N–H and O–H groups in total. The van der Waals surface area contributed by atoms with Crippen molar-refractivity contribution < 1.29 is 41.1 Å². The Hall–Kier alpha value is -4.33. The number of fused-ring (bicyclic) bond motifs is 3. The monoisotopic (exact) mass is 752 g/mol. The van der Waals surface area contributed by atoms with Crippen molar-refractivity contribution in [3.8, 4) is 0 Å². The molecule has 284 valence electrons. The average Bonchev–Trinajstić information content (AvgIpc) is 3.90.